The molecule has 0 saturated heterocycles. The van der Waals surface area contributed by atoms with Gasteiger partial charge in [0.05, 0.1) is 17.7 Å². The van der Waals surface area contributed by atoms with E-state index in [1.165, 1.54) is 12.1 Å². The summed E-state index contributed by atoms with van der Waals surface area (Å²) >= 11 is 0. The highest BCUT2D eigenvalue weighted by atomic mass is 32.2. The van der Waals surface area contributed by atoms with E-state index < -0.39 is 10.0 Å². The van der Waals surface area contributed by atoms with Crippen molar-refractivity contribution < 1.29 is 17.6 Å². The Hall–Kier alpha value is -2.12. The maximum Gasteiger partial charge on any atom is 0.254 e. The Morgan fingerprint density at radius 2 is 1.88 bits per heavy atom. The quantitative estimate of drug-likeness (QED) is 0.805. The lowest BCUT2D eigenvalue weighted by Crippen LogP contribution is -2.38. The van der Waals surface area contributed by atoms with Gasteiger partial charge in [0.25, 0.3) is 5.91 Å². The van der Waals surface area contributed by atoms with Crippen LogP contribution in [0.15, 0.2) is 52.0 Å². The maximum absolute atomic E-state index is 13.1. The maximum atomic E-state index is 13.1. The van der Waals surface area contributed by atoms with Gasteiger partial charge in [0, 0.05) is 18.2 Å². The molecular formula is C19H24N2O4S. The normalized spacial score (nSPS) is 15.3. The Balaban J connectivity index is 1.82. The highest BCUT2D eigenvalue weighted by Gasteiger charge is 2.28. The summed E-state index contributed by atoms with van der Waals surface area (Å²) in [6.45, 7) is 2.47. The van der Waals surface area contributed by atoms with Gasteiger partial charge in [-0.15, -0.1) is 0 Å². The minimum atomic E-state index is -3.52. The Kier molecular flexibility index (Phi) is 5.78. The van der Waals surface area contributed by atoms with Crippen LogP contribution in [-0.4, -0.2) is 31.8 Å². The predicted octanol–water partition coefficient (Wildman–Crippen LogP) is 3.16. The van der Waals surface area contributed by atoms with Crippen molar-refractivity contribution in [2.75, 3.05) is 6.54 Å². The zero-order chi connectivity index (χ0) is 18.6. The number of nitrogens with zero attached hydrogens (tertiary/aromatic N) is 1. The lowest BCUT2D eigenvalue weighted by Gasteiger charge is -2.28. The molecule has 1 aliphatic carbocycles. The molecule has 2 aromatic rings. The minimum absolute atomic E-state index is 0.0966. The second kappa shape index (κ2) is 8.05. The lowest BCUT2D eigenvalue weighted by atomic mass is 10.1. The SMILES string of the molecule is CCNS(=O)(=O)c1ccc(C(=O)N(Cc2ccco2)C2CCCC2)cc1. The molecule has 0 atom stereocenters. The van der Waals surface area contributed by atoms with Crippen LogP contribution in [-0.2, 0) is 16.6 Å². The van der Waals surface area contributed by atoms with E-state index in [9.17, 15) is 13.2 Å². The van der Waals surface area contributed by atoms with Gasteiger partial charge >= 0.3 is 0 Å². The molecule has 1 aliphatic rings. The van der Waals surface area contributed by atoms with Crippen molar-refractivity contribution in [2.45, 2.75) is 50.1 Å². The molecule has 0 radical (unpaired) electrons. The first-order valence-corrected chi connectivity index (χ1v) is 10.4. The summed E-state index contributed by atoms with van der Waals surface area (Å²) < 4.78 is 32.0. The molecule has 0 unspecified atom stereocenters. The average Bonchev–Trinajstić information content (AvgIpc) is 3.33. The summed E-state index contributed by atoms with van der Waals surface area (Å²) in [6.07, 6.45) is 5.81. The zero-order valence-corrected chi connectivity index (χ0v) is 15.7. The van der Waals surface area contributed by atoms with Gasteiger partial charge in [-0.1, -0.05) is 19.8 Å². The van der Waals surface area contributed by atoms with Crippen LogP contribution in [0.1, 0.15) is 48.7 Å². The van der Waals surface area contributed by atoms with Crippen LogP contribution in [0, 0.1) is 0 Å². The van der Waals surface area contributed by atoms with Gasteiger partial charge in [0.2, 0.25) is 10.0 Å². The van der Waals surface area contributed by atoms with Crippen molar-refractivity contribution in [1.29, 1.82) is 0 Å². The predicted molar refractivity (Wildman–Crippen MR) is 98.1 cm³/mol. The smallest absolute Gasteiger partial charge is 0.254 e. The van der Waals surface area contributed by atoms with Crippen molar-refractivity contribution in [3.63, 3.8) is 0 Å². The van der Waals surface area contributed by atoms with Crippen molar-refractivity contribution in [3.8, 4) is 0 Å². The van der Waals surface area contributed by atoms with Gasteiger partial charge in [-0.05, 0) is 49.2 Å². The molecule has 1 fully saturated rings. The number of amides is 1. The zero-order valence-electron chi connectivity index (χ0n) is 14.8. The molecule has 6 nitrogen and oxygen atoms in total. The van der Waals surface area contributed by atoms with E-state index in [0.717, 1.165) is 31.4 Å². The first kappa shape index (κ1) is 18.7. The van der Waals surface area contributed by atoms with Crippen molar-refractivity contribution in [3.05, 3.63) is 54.0 Å². The molecule has 1 amide bonds. The van der Waals surface area contributed by atoms with Gasteiger partial charge in [0.15, 0.2) is 0 Å². The summed E-state index contributed by atoms with van der Waals surface area (Å²) in [5.41, 5.74) is 0.485. The highest BCUT2D eigenvalue weighted by molar-refractivity contribution is 7.89. The first-order valence-electron chi connectivity index (χ1n) is 8.94. The molecular weight excluding hydrogens is 352 g/mol. The molecule has 1 saturated carbocycles. The Morgan fingerprint density at radius 1 is 1.19 bits per heavy atom. The average molecular weight is 376 g/mol. The van der Waals surface area contributed by atoms with E-state index in [1.807, 2.05) is 17.0 Å². The molecule has 0 bridgehead atoms. The molecule has 1 heterocycles. The van der Waals surface area contributed by atoms with Crippen LogP contribution >= 0.6 is 0 Å². The number of carbonyl (C=O) groups is 1. The number of furan rings is 1. The van der Waals surface area contributed by atoms with E-state index in [4.69, 9.17) is 4.42 Å². The molecule has 140 valence electrons. The van der Waals surface area contributed by atoms with Crippen molar-refractivity contribution in [1.82, 2.24) is 9.62 Å². The van der Waals surface area contributed by atoms with Gasteiger partial charge in [-0.25, -0.2) is 13.1 Å². The van der Waals surface area contributed by atoms with Gasteiger partial charge in [-0.3, -0.25) is 4.79 Å². The first-order chi connectivity index (χ1) is 12.5. The molecule has 3 rings (SSSR count). The molecule has 7 heteroatoms. The summed E-state index contributed by atoms with van der Waals surface area (Å²) in [7, 11) is -3.52. The standard InChI is InChI=1S/C19H24N2O4S/c1-2-20-26(23,24)18-11-9-15(10-12-18)19(22)21(16-6-3-4-7-16)14-17-8-5-13-25-17/h5,8-13,16,20H,2-4,6-7,14H2,1H3. The van der Waals surface area contributed by atoms with Crippen LogP contribution in [0.5, 0.6) is 0 Å². The van der Waals surface area contributed by atoms with Crippen LogP contribution in [0.3, 0.4) is 0 Å². The third kappa shape index (κ3) is 4.16. The second-order valence-electron chi connectivity index (χ2n) is 6.48. The number of benzene rings is 1. The molecule has 0 aliphatic heterocycles. The van der Waals surface area contributed by atoms with Crippen LogP contribution in [0.4, 0.5) is 0 Å². The fourth-order valence-electron chi connectivity index (χ4n) is 3.37. The van der Waals surface area contributed by atoms with Gasteiger partial charge in [0.1, 0.15) is 5.76 Å². The number of hydrogen-bond acceptors (Lipinski definition) is 4. The van der Waals surface area contributed by atoms with Crippen LogP contribution in [0.2, 0.25) is 0 Å². The monoisotopic (exact) mass is 376 g/mol. The minimum Gasteiger partial charge on any atom is -0.467 e. The molecule has 1 N–H and O–H groups in total. The third-order valence-electron chi connectivity index (χ3n) is 4.68. The largest absolute Gasteiger partial charge is 0.467 e. The van der Waals surface area contributed by atoms with E-state index in [1.54, 1.807) is 25.3 Å². The molecule has 1 aromatic carbocycles. The molecule has 26 heavy (non-hydrogen) atoms. The fourth-order valence-corrected chi connectivity index (χ4v) is 4.41. The number of hydrogen-bond donors (Lipinski definition) is 1. The Morgan fingerprint density at radius 3 is 2.46 bits per heavy atom. The molecule has 0 spiro atoms. The summed E-state index contributed by atoms with van der Waals surface area (Å²) in [6, 6.07) is 9.98. The Labute approximate surface area is 154 Å². The second-order valence-corrected chi connectivity index (χ2v) is 8.24. The number of carbonyl (C=O) groups excluding carboxylic acids is 1. The lowest BCUT2D eigenvalue weighted by molar-refractivity contribution is 0.0649. The van der Waals surface area contributed by atoms with Crippen LogP contribution < -0.4 is 4.72 Å². The summed E-state index contributed by atoms with van der Waals surface area (Å²) in [5.74, 6) is 0.650. The van der Waals surface area contributed by atoms with Crippen molar-refractivity contribution >= 4 is 15.9 Å². The summed E-state index contributed by atoms with van der Waals surface area (Å²) in [5, 5.41) is 0. The summed E-state index contributed by atoms with van der Waals surface area (Å²) in [4.78, 5) is 15.1. The van der Waals surface area contributed by atoms with Gasteiger partial charge in [-0.2, -0.15) is 0 Å². The van der Waals surface area contributed by atoms with Crippen molar-refractivity contribution in [2.24, 2.45) is 0 Å². The fraction of sp³-hybridized carbons (Fsp3) is 0.421. The van der Waals surface area contributed by atoms with E-state index in [-0.39, 0.29) is 16.8 Å². The Bertz CT molecular complexity index is 823. The van der Waals surface area contributed by atoms with Crippen LogP contribution in [0.25, 0.3) is 0 Å². The van der Waals surface area contributed by atoms with Gasteiger partial charge < -0.3 is 9.32 Å². The number of rotatable bonds is 7. The molecule has 1 aromatic heterocycles. The third-order valence-corrected chi connectivity index (χ3v) is 6.24. The van der Waals surface area contributed by atoms with E-state index in [2.05, 4.69) is 4.72 Å². The van der Waals surface area contributed by atoms with E-state index >= 15 is 0 Å². The highest BCUT2D eigenvalue weighted by Crippen LogP contribution is 2.27. The van der Waals surface area contributed by atoms with E-state index in [0.29, 0.717) is 18.7 Å². The number of sulfonamides is 1. The number of nitrogens with one attached hydrogen (secondary N) is 1. The topological polar surface area (TPSA) is 79.6 Å².